The van der Waals surface area contributed by atoms with E-state index in [0.717, 1.165) is 38.5 Å². The van der Waals surface area contributed by atoms with E-state index >= 15 is 0 Å². The summed E-state index contributed by atoms with van der Waals surface area (Å²) in [5.74, 6) is 0.263. The molecule has 112 valence electrons. The van der Waals surface area contributed by atoms with Crippen molar-refractivity contribution in [3.05, 3.63) is 0 Å². The van der Waals surface area contributed by atoms with Crippen LogP contribution in [0.2, 0.25) is 0 Å². The third-order valence-electron chi connectivity index (χ3n) is 5.42. The number of carbonyl (C=O) groups excluding carboxylic acids is 2. The van der Waals surface area contributed by atoms with Gasteiger partial charge < -0.3 is 10.2 Å². The largest absolute Gasteiger partial charge is 0.345 e. The van der Waals surface area contributed by atoms with Gasteiger partial charge in [-0.1, -0.05) is 44.9 Å². The van der Waals surface area contributed by atoms with Crippen LogP contribution in [0.25, 0.3) is 0 Å². The molecule has 2 amide bonds. The van der Waals surface area contributed by atoms with E-state index in [4.69, 9.17) is 0 Å². The number of rotatable bonds is 1. The molecule has 4 nitrogen and oxygen atoms in total. The Bertz CT molecular complexity index is 380. The van der Waals surface area contributed by atoms with Crippen LogP contribution >= 0.6 is 0 Å². The molecular formula is C16H26N2O2. The Kier molecular flexibility index (Phi) is 3.99. The number of nitrogens with zero attached hydrogens (tertiary/aromatic N) is 1. The van der Waals surface area contributed by atoms with Crippen molar-refractivity contribution < 1.29 is 9.59 Å². The van der Waals surface area contributed by atoms with E-state index in [0.29, 0.717) is 6.04 Å². The predicted molar refractivity (Wildman–Crippen MR) is 77.2 cm³/mol. The molecule has 0 aromatic rings. The second-order valence-corrected chi connectivity index (χ2v) is 6.68. The van der Waals surface area contributed by atoms with Crippen molar-refractivity contribution in [3.8, 4) is 0 Å². The summed E-state index contributed by atoms with van der Waals surface area (Å²) in [6.07, 6.45) is 12.2. The van der Waals surface area contributed by atoms with Gasteiger partial charge in [0, 0.05) is 6.04 Å². The minimum atomic E-state index is -0.511. The van der Waals surface area contributed by atoms with Gasteiger partial charge in [-0.05, 0) is 25.7 Å². The number of amides is 2. The zero-order valence-corrected chi connectivity index (χ0v) is 12.3. The zero-order chi connectivity index (χ0) is 14.0. The Morgan fingerprint density at radius 1 is 0.900 bits per heavy atom. The fraction of sp³-hybridized carbons (Fsp3) is 0.875. The first-order chi connectivity index (χ1) is 9.74. The minimum Gasteiger partial charge on any atom is -0.345 e. The molecule has 0 radical (unpaired) electrons. The molecule has 0 aromatic heterocycles. The summed E-state index contributed by atoms with van der Waals surface area (Å²) in [6, 6.07) is 0.300. The van der Waals surface area contributed by atoms with Gasteiger partial charge in [0.1, 0.15) is 5.54 Å². The molecule has 1 heterocycles. The summed E-state index contributed by atoms with van der Waals surface area (Å²) in [4.78, 5) is 27.1. The van der Waals surface area contributed by atoms with E-state index in [9.17, 15) is 9.59 Å². The van der Waals surface area contributed by atoms with Crippen molar-refractivity contribution in [3.63, 3.8) is 0 Å². The molecule has 20 heavy (non-hydrogen) atoms. The van der Waals surface area contributed by atoms with Crippen LogP contribution in [-0.2, 0) is 9.59 Å². The molecule has 4 heteroatoms. The molecule has 3 fully saturated rings. The van der Waals surface area contributed by atoms with Crippen LogP contribution in [0.5, 0.6) is 0 Å². The lowest BCUT2D eigenvalue weighted by atomic mass is 9.77. The maximum atomic E-state index is 12.6. The van der Waals surface area contributed by atoms with Crippen LogP contribution < -0.4 is 5.32 Å². The summed E-state index contributed by atoms with van der Waals surface area (Å²) in [5, 5.41) is 2.85. The Balaban J connectivity index is 1.89. The highest BCUT2D eigenvalue weighted by molar-refractivity contribution is 5.98. The van der Waals surface area contributed by atoms with Crippen molar-refractivity contribution in [1.82, 2.24) is 10.2 Å². The molecule has 3 aliphatic rings. The second-order valence-electron chi connectivity index (χ2n) is 6.68. The first-order valence-electron chi connectivity index (χ1n) is 8.34. The predicted octanol–water partition coefficient (Wildman–Crippen LogP) is 2.37. The summed E-state index contributed by atoms with van der Waals surface area (Å²) >= 11 is 0. The van der Waals surface area contributed by atoms with E-state index in [1.54, 1.807) is 0 Å². The van der Waals surface area contributed by atoms with Crippen LogP contribution in [0.15, 0.2) is 0 Å². The van der Waals surface area contributed by atoms with Crippen LogP contribution in [0.4, 0.5) is 0 Å². The quantitative estimate of drug-likeness (QED) is 0.749. The molecule has 2 aliphatic carbocycles. The summed E-state index contributed by atoms with van der Waals surface area (Å²) in [7, 11) is 0. The number of piperazine rings is 1. The highest BCUT2D eigenvalue weighted by Gasteiger charge is 2.51. The van der Waals surface area contributed by atoms with E-state index in [2.05, 4.69) is 5.32 Å². The van der Waals surface area contributed by atoms with Crippen molar-refractivity contribution in [2.24, 2.45) is 0 Å². The number of hydrogen-bond acceptors (Lipinski definition) is 2. The Morgan fingerprint density at radius 3 is 2.15 bits per heavy atom. The average Bonchev–Trinajstić information content (AvgIpc) is 2.74. The maximum Gasteiger partial charge on any atom is 0.246 e. The van der Waals surface area contributed by atoms with Gasteiger partial charge in [-0.25, -0.2) is 0 Å². The molecule has 0 aromatic carbocycles. The SMILES string of the molecule is O=C1CNC(=O)C2(CCCCC2)N1C1CCCCCC1. The number of carbonyl (C=O) groups is 2. The molecule has 1 aliphatic heterocycles. The minimum absolute atomic E-state index is 0.112. The first-order valence-corrected chi connectivity index (χ1v) is 8.34. The highest BCUT2D eigenvalue weighted by Crippen LogP contribution is 2.39. The number of hydrogen-bond donors (Lipinski definition) is 1. The molecule has 1 spiro atoms. The maximum absolute atomic E-state index is 12.6. The Morgan fingerprint density at radius 2 is 1.50 bits per heavy atom. The summed E-state index contributed by atoms with van der Waals surface area (Å²) in [6.45, 7) is 0.205. The van der Waals surface area contributed by atoms with Crippen molar-refractivity contribution in [2.45, 2.75) is 82.2 Å². The standard InChI is InChI=1S/C16H26N2O2/c19-14-12-17-15(20)16(10-6-3-7-11-16)18(14)13-8-4-1-2-5-9-13/h13H,1-12H2,(H,17,20). The van der Waals surface area contributed by atoms with Crippen molar-refractivity contribution in [1.29, 1.82) is 0 Å². The highest BCUT2D eigenvalue weighted by atomic mass is 16.2. The van der Waals surface area contributed by atoms with Gasteiger partial charge in [-0.2, -0.15) is 0 Å². The molecule has 0 atom stereocenters. The lowest BCUT2D eigenvalue weighted by Gasteiger charge is -2.51. The molecule has 2 saturated carbocycles. The van der Waals surface area contributed by atoms with Crippen molar-refractivity contribution >= 4 is 11.8 Å². The van der Waals surface area contributed by atoms with Gasteiger partial charge in [0.2, 0.25) is 11.8 Å². The monoisotopic (exact) mass is 278 g/mol. The van der Waals surface area contributed by atoms with Crippen LogP contribution in [-0.4, -0.2) is 34.8 Å². The van der Waals surface area contributed by atoms with Gasteiger partial charge in [0.05, 0.1) is 6.54 Å². The van der Waals surface area contributed by atoms with Crippen LogP contribution in [0.3, 0.4) is 0 Å². The van der Waals surface area contributed by atoms with Crippen LogP contribution in [0.1, 0.15) is 70.6 Å². The third kappa shape index (κ3) is 2.33. The summed E-state index contributed by atoms with van der Waals surface area (Å²) in [5.41, 5.74) is -0.511. The average molecular weight is 278 g/mol. The third-order valence-corrected chi connectivity index (χ3v) is 5.42. The van der Waals surface area contributed by atoms with Gasteiger partial charge >= 0.3 is 0 Å². The number of nitrogens with one attached hydrogen (secondary N) is 1. The molecular weight excluding hydrogens is 252 g/mol. The molecule has 1 saturated heterocycles. The fourth-order valence-corrected chi connectivity index (χ4v) is 4.43. The first kappa shape index (κ1) is 13.9. The van der Waals surface area contributed by atoms with Gasteiger partial charge in [-0.15, -0.1) is 0 Å². The lowest BCUT2D eigenvalue weighted by molar-refractivity contribution is -0.160. The summed E-state index contributed by atoms with van der Waals surface area (Å²) < 4.78 is 0. The topological polar surface area (TPSA) is 49.4 Å². The van der Waals surface area contributed by atoms with Gasteiger partial charge in [-0.3, -0.25) is 9.59 Å². The van der Waals surface area contributed by atoms with E-state index in [1.165, 1.54) is 32.1 Å². The van der Waals surface area contributed by atoms with Gasteiger partial charge in [0.15, 0.2) is 0 Å². The molecule has 0 bridgehead atoms. The Hall–Kier alpha value is -1.06. The van der Waals surface area contributed by atoms with Crippen LogP contribution in [0, 0.1) is 0 Å². The molecule has 0 unspecified atom stereocenters. The smallest absolute Gasteiger partial charge is 0.246 e. The van der Waals surface area contributed by atoms with E-state index in [1.807, 2.05) is 4.90 Å². The van der Waals surface area contributed by atoms with E-state index < -0.39 is 5.54 Å². The second kappa shape index (κ2) is 5.74. The zero-order valence-electron chi connectivity index (χ0n) is 12.3. The van der Waals surface area contributed by atoms with Gasteiger partial charge in [0.25, 0.3) is 0 Å². The van der Waals surface area contributed by atoms with E-state index in [-0.39, 0.29) is 18.4 Å². The Labute approximate surface area is 121 Å². The van der Waals surface area contributed by atoms with Crippen molar-refractivity contribution in [2.75, 3.05) is 6.54 Å². The normalized spacial score (nSPS) is 28.3. The fourth-order valence-electron chi connectivity index (χ4n) is 4.43. The molecule has 3 rings (SSSR count). The lowest BCUT2D eigenvalue weighted by Crippen LogP contribution is -2.70. The molecule has 1 N–H and O–H groups in total.